The van der Waals surface area contributed by atoms with Crippen LogP contribution in [0.2, 0.25) is 0 Å². The van der Waals surface area contributed by atoms with Gasteiger partial charge in [-0.25, -0.2) is 10.3 Å². The van der Waals surface area contributed by atoms with Crippen LogP contribution in [0.1, 0.15) is 45.4 Å². The maximum Gasteiger partial charge on any atom is 0.418 e. The zero-order valence-electron chi connectivity index (χ0n) is 16.1. The van der Waals surface area contributed by atoms with E-state index < -0.39 is 34.4 Å². The molecule has 0 radical (unpaired) electrons. The Labute approximate surface area is 164 Å². The number of amides is 3. The molecular weight excluding hydrogens is 392 g/mol. The van der Waals surface area contributed by atoms with Gasteiger partial charge in [-0.05, 0) is 39.2 Å². The first kappa shape index (κ1) is 21.2. The predicted molar refractivity (Wildman–Crippen MR) is 97.0 cm³/mol. The fourth-order valence-corrected chi connectivity index (χ4v) is 4.61. The SMILES string of the molecule is CCCC1CC(ONC(=O)[C@@H]2CC[C@@H]3CN2C(=O)N3OS(=O)(=O)O)CCN1C. The van der Waals surface area contributed by atoms with Crippen molar-refractivity contribution >= 4 is 22.3 Å². The summed E-state index contributed by atoms with van der Waals surface area (Å²) in [5, 5.41) is 0.621. The number of carbonyl (C=O) groups excluding carboxylic acids is 2. The van der Waals surface area contributed by atoms with Crippen molar-refractivity contribution in [2.45, 2.75) is 69.7 Å². The van der Waals surface area contributed by atoms with Crippen LogP contribution < -0.4 is 5.48 Å². The van der Waals surface area contributed by atoms with Crippen LogP contribution in [0.4, 0.5) is 4.79 Å². The van der Waals surface area contributed by atoms with Crippen LogP contribution in [0, 0.1) is 0 Å². The molecule has 3 aliphatic rings. The molecule has 3 rings (SSSR count). The van der Waals surface area contributed by atoms with Crippen LogP contribution in [0.15, 0.2) is 0 Å². The number of urea groups is 1. The quantitative estimate of drug-likeness (QED) is 0.444. The molecule has 0 aromatic carbocycles. The lowest BCUT2D eigenvalue weighted by molar-refractivity contribution is -0.147. The van der Waals surface area contributed by atoms with Crippen LogP contribution in [0.3, 0.4) is 0 Å². The third kappa shape index (κ3) is 4.74. The van der Waals surface area contributed by atoms with Crippen molar-refractivity contribution in [3.05, 3.63) is 0 Å². The predicted octanol–water partition coefficient (Wildman–Crippen LogP) is 0.300. The first-order valence-corrected chi connectivity index (χ1v) is 11.0. The number of hydrogen-bond donors (Lipinski definition) is 2. The number of nitrogens with zero attached hydrogens (tertiary/aromatic N) is 3. The fourth-order valence-electron chi connectivity index (χ4n) is 4.22. The van der Waals surface area contributed by atoms with E-state index in [0.29, 0.717) is 23.9 Å². The molecule has 2 N–H and O–H groups in total. The minimum atomic E-state index is -4.81. The second kappa shape index (κ2) is 8.49. The summed E-state index contributed by atoms with van der Waals surface area (Å²) in [6, 6.07) is -1.63. The lowest BCUT2D eigenvalue weighted by Crippen LogP contribution is -2.51. The Bertz CT molecular complexity index is 703. The van der Waals surface area contributed by atoms with E-state index in [4.69, 9.17) is 9.39 Å². The number of nitrogens with one attached hydrogen (secondary N) is 1. The van der Waals surface area contributed by atoms with Gasteiger partial charge in [0.25, 0.3) is 5.91 Å². The summed E-state index contributed by atoms with van der Waals surface area (Å²) in [7, 11) is -2.72. The minimum absolute atomic E-state index is 0.0818. The number of rotatable bonds is 7. The van der Waals surface area contributed by atoms with Crippen molar-refractivity contribution < 1.29 is 31.7 Å². The van der Waals surface area contributed by atoms with Crippen molar-refractivity contribution in [1.82, 2.24) is 20.3 Å². The molecule has 12 heteroatoms. The van der Waals surface area contributed by atoms with Gasteiger partial charge in [0.2, 0.25) is 0 Å². The monoisotopic (exact) mass is 420 g/mol. The number of hydroxylamine groups is 3. The Kier molecular flexibility index (Phi) is 6.44. The fraction of sp³-hybridized carbons (Fsp3) is 0.875. The number of fused-ring (bicyclic) bond motifs is 2. The van der Waals surface area contributed by atoms with Gasteiger partial charge in [-0.2, -0.15) is 13.5 Å². The van der Waals surface area contributed by atoms with Crippen LogP contribution in [-0.2, 0) is 24.3 Å². The van der Waals surface area contributed by atoms with Gasteiger partial charge >= 0.3 is 16.4 Å². The van der Waals surface area contributed by atoms with Gasteiger partial charge in [-0.3, -0.25) is 14.2 Å². The minimum Gasteiger partial charge on any atom is -0.309 e. The molecular formula is C16H28N4O7S. The molecule has 0 aromatic heterocycles. The smallest absolute Gasteiger partial charge is 0.309 e. The molecule has 2 unspecified atom stereocenters. The summed E-state index contributed by atoms with van der Waals surface area (Å²) in [6.45, 7) is 3.18. The number of carbonyl (C=O) groups is 2. The van der Waals surface area contributed by atoms with Crippen molar-refractivity contribution in [2.24, 2.45) is 0 Å². The molecule has 0 spiro atoms. The van der Waals surface area contributed by atoms with E-state index in [0.717, 1.165) is 32.2 Å². The van der Waals surface area contributed by atoms with E-state index >= 15 is 0 Å². The summed E-state index contributed by atoms with van der Waals surface area (Å²) in [6.07, 6.45) is 4.43. The van der Waals surface area contributed by atoms with E-state index in [-0.39, 0.29) is 12.6 Å². The average molecular weight is 420 g/mol. The first-order valence-electron chi connectivity index (χ1n) is 9.62. The summed E-state index contributed by atoms with van der Waals surface area (Å²) < 4.78 is 35.0. The summed E-state index contributed by atoms with van der Waals surface area (Å²) in [4.78, 5) is 34.1. The van der Waals surface area contributed by atoms with Gasteiger partial charge in [-0.1, -0.05) is 13.3 Å². The van der Waals surface area contributed by atoms with Gasteiger partial charge in [0, 0.05) is 19.1 Å². The van der Waals surface area contributed by atoms with E-state index in [1.807, 2.05) is 0 Å². The van der Waals surface area contributed by atoms with E-state index in [9.17, 15) is 18.0 Å². The van der Waals surface area contributed by atoms with Crippen LogP contribution >= 0.6 is 0 Å². The standard InChI is InChI=1S/C16H28N4O7S/c1-3-4-11-9-13(7-8-18(11)2)26-17-15(21)14-6-5-12-10-19(14)16(22)20(12)27-28(23,24)25/h11-14H,3-10H2,1-2H3,(H,17,21)(H,23,24,25)/t11?,12-,13?,14+/m1/s1. The molecule has 3 saturated heterocycles. The lowest BCUT2D eigenvalue weighted by atomic mass is 9.97. The van der Waals surface area contributed by atoms with Gasteiger partial charge in [0.1, 0.15) is 6.04 Å². The van der Waals surface area contributed by atoms with Crippen molar-refractivity contribution in [3.8, 4) is 0 Å². The Hall–Kier alpha value is -1.47. The van der Waals surface area contributed by atoms with Crippen LogP contribution in [-0.4, -0.2) is 84.1 Å². The van der Waals surface area contributed by atoms with E-state index in [1.165, 1.54) is 4.90 Å². The largest absolute Gasteiger partial charge is 0.418 e. The average Bonchev–Trinajstić information content (AvgIpc) is 2.86. The number of likely N-dealkylation sites (tertiary alicyclic amines) is 1. The Morgan fingerprint density at radius 3 is 2.75 bits per heavy atom. The Balaban J connectivity index is 1.54. The molecule has 0 aromatic rings. The molecule has 3 aliphatic heterocycles. The molecule has 11 nitrogen and oxygen atoms in total. The molecule has 3 heterocycles. The molecule has 0 aliphatic carbocycles. The van der Waals surface area contributed by atoms with Gasteiger partial charge in [-0.15, -0.1) is 4.28 Å². The van der Waals surface area contributed by atoms with Crippen molar-refractivity contribution in [1.29, 1.82) is 0 Å². The highest BCUT2D eigenvalue weighted by molar-refractivity contribution is 7.80. The summed E-state index contributed by atoms with van der Waals surface area (Å²) in [5.41, 5.74) is 2.49. The third-order valence-electron chi connectivity index (χ3n) is 5.71. The van der Waals surface area contributed by atoms with Gasteiger partial charge < -0.3 is 9.80 Å². The highest BCUT2D eigenvalue weighted by atomic mass is 32.3. The van der Waals surface area contributed by atoms with E-state index in [2.05, 4.69) is 28.6 Å². The van der Waals surface area contributed by atoms with Crippen molar-refractivity contribution in [3.63, 3.8) is 0 Å². The first-order chi connectivity index (χ1) is 13.2. The zero-order chi connectivity index (χ0) is 20.5. The van der Waals surface area contributed by atoms with Gasteiger partial charge in [0.15, 0.2) is 0 Å². The van der Waals surface area contributed by atoms with Crippen LogP contribution in [0.25, 0.3) is 0 Å². The second-order valence-corrected chi connectivity index (χ2v) is 8.67. The second-order valence-electron chi connectivity index (χ2n) is 7.66. The molecule has 28 heavy (non-hydrogen) atoms. The topological polar surface area (TPSA) is 129 Å². The zero-order valence-corrected chi connectivity index (χ0v) is 16.9. The third-order valence-corrected chi connectivity index (χ3v) is 6.06. The Morgan fingerprint density at radius 2 is 2.07 bits per heavy atom. The molecule has 3 amide bonds. The van der Waals surface area contributed by atoms with Gasteiger partial charge in [0.05, 0.1) is 12.1 Å². The van der Waals surface area contributed by atoms with Crippen molar-refractivity contribution in [2.75, 3.05) is 20.1 Å². The molecule has 3 fully saturated rings. The molecule has 2 bridgehead atoms. The summed E-state index contributed by atoms with van der Waals surface area (Å²) >= 11 is 0. The maximum atomic E-state index is 12.6. The van der Waals surface area contributed by atoms with Crippen LogP contribution in [0.5, 0.6) is 0 Å². The lowest BCUT2D eigenvalue weighted by Gasteiger charge is -2.37. The highest BCUT2D eigenvalue weighted by Crippen LogP contribution is 2.31. The molecule has 4 atom stereocenters. The van der Waals surface area contributed by atoms with E-state index in [1.54, 1.807) is 0 Å². The molecule has 160 valence electrons. The number of piperidine rings is 2. The highest BCUT2D eigenvalue weighted by Gasteiger charge is 2.49. The number of hydrogen-bond acceptors (Lipinski definition) is 7. The Morgan fingerprint density at radius 1 is 1.32 bits per heavy atom. The molecule has 0 saturated carbocycles. The maximum absolute atomic E-state index is 12.6. The summed E-state index contributed by atoms with van der Waals surface area (Å²) in [5.74, 6) is -0.438. The normalized spacial score (nSPS) is 31.3.